The topological polar surface area (TPSA) is 59.2 Å². The van der Waals surface area contributed by atoms with Gasteiger partial charge in [0.05, 0.1) is 6.61 Å². The number of hydrogen-bond donors (Lipinski definition) is 1. The van der Waals surface area contributed by atoms with Gasteiger partial charge in [-0.3, -0.25) is 0 Å². The highest BCUT2D eigenvalue weighted by Crippen LogP contribution is 2.20. The first-order chi connectivity index (χ1) is 8.11. The number of nitrogens with one attached hydrogen (secondary N) is 1. The molecule has 0 aliphatic carbocycles. The minimum absolute atomic E-state index is 0.344. The predicted octanol–water partition coefficient (Wildman–Crippen LogP) is 2.41. The van der Waals surface area contributed by atoms with Crippen LogP contribution in [0.25, 0.3) is 6.08 Å². The summed E-state index contributed by atoms with van der Waals surface area (Å²) in [7, 11) is 0. The van der Waals surface area contributed by atoms with Crippen LogP contribution in [0.5, 0.6) is 0 Å². The Morgan fingerprint density at radius 3 is 2.71 bits per heavy atom. The molecule has 0 amide bonds. The fraction of sp³-hybridized carbons (Fsp3) is 0.385. The molecule has 0 aliphatic heterocycles. The van der Waals surface area contributed by atoms with Gasteiger partial charge in [-0.25, -0.2) is 4.79 Å². The van der Waals surface area contributed by atoms with Crippen LogP contribution in [0.4, 0.5) is 0 Å². The van der Waals surface area contributed by atoms with Crippen molar-refractivity contribution >= 4 is 18.3 Å². The fourth-order valence-electron chi connectivity index (χ4n) is 1.66. The molecular weight excluding hydrogens is 218 g/mol. The van der Waals surface area contributed by atoms with Crippen LogP contribution in [-0.4, -0.2) is 23.8 Å². The molecule has 0 fully saturated rings. The van der Waals surface area contributed by atoms with Gasteiger partial charge in [0.1, 0.15) is 12.0 Å². The summed E-state index contributed by atoms with van der Waals surface area (Å²) in [5, 5.41) is 0. The summed E-state index contributed by atoms with van der Waals surface area (Å²) in [4.78, 5) is 24.9. The monoisotopic (exact) mass is 235 g/mol. The molecule has 4 nitrogen and oxygen atoms in total. The summed E-state index contributed by atoms with van der Waals surface area (Å²) in [5.74, 6) is -0.344. The van der Waals surface area contributed by atoms with Crippen LogP contribution in [0.3, 0.4) is 0 Å². The average molecular weight is 235 g/mol. The maximum Gasteiger partial charge on any atom is 0.355 e. The van der Waals surface area contributed by atoms with E-state index in [2.05, 4.69) is 4.98 Å². The lowest BCUT2D eigenvalue weighted by molar-refractivity contribution is -0.107. The number of carbonyl (C=O) groups is 2. The third kappa shape index (κ3) is 3.06. The molecule has 0 unspecified atom stereocenters. The molecule has 1 heterocycles. The zero-order chi connectivity index (χ0) is 12.8. The first kappa shape index (κ1) is 13.2. The molecule has 17 heavy (non-hydrogen) atoms. The van der Waals surface area contributed by atoms with E-state index < -0.39 is 0 Å². The van der Waals surface area contributed by atoms with Crippen molar-refractivity contribution in [1.29, 1.82) is 0 Å². The quantitative estimate of drug-likeness (QED) is 0.629. The molecule has 0 aliphatic rings. The molecule has 1 aromatic heterocycles. The van der Waals surface area contributed by atoms with Gasteiger partial charge in [0.15, 0.2) is 0 Å². The van der Waals surface area contributed by atoms with Crippen molar-refractivity contribution < 1.29 is 14.3 Å². The second kappa shape index (κ2) is 6.03. The maximum absolute atomic E-state index is 11.6. The van der Waals surface area contributed by atoms with Gasteiger partial charge in [0.2, 0.25) is 0 Å². The number of aromatic nitrogens is 1. The maximum atomic E-state index is 11.6. The van der Waals surface area contributed by atoms with Crippen LogP contribution >= 0.6 is 0 Å². The Hall–Kier alpha value is -1.84. The summed E-state index contributed by atoms with van der Waals surface area (Å²) in [5.41, 5.74) is 3.17. The number of esters is 1. The second-order valence-electron chi connectivity index (χ2n) is 3.69. The molecule has 92 valence electrons. The fourth-order valence-corrected chi connectivity index (χ4v) is 1.66. The van der Waals surface area contributed by atoms with E-state index in [-0.39, 0.29) is 5.97 Å². The molecule has 4 heteroatoms. The molecule has 1 rings (SSSR count). The molecule has 1 aromatic rings. The van der Waals surface area contributed by atoms with E-state index in [4.69, 9.17) is 4.74 Å². The molecule has 0 saturated carbocycles. The van der Waals surface area contributed by atoms with Gasteiger partial charge < -0.3 is 14.5 Å². The summed E-state index contributed by atoms with van der Waals surface area (Å²) in [6.07, 6.45) is 4.82. The highest BCUT2D eigenvalue weighted by atomic mass is 16.5. The zero-order valence-electron chi connectivity index (χ0n) is 10.4. The Kier molecular flexibility index (Phi) is 4.69. The van der Waals surface area contributed by atoms with Gasteiger partial charge in [0.25, 0.3) is 0 Å². The molecule has 0 radical (unpaired) electrons. The number of rotatable bonds is 5. The van der Waals surface area contributed by atoms with Crippen molar-refractivity contribution in [1.82, 2.24) is 4.98 Å². The Bertz CT molecular complexity index is 444. The van der Waals surface area contributed by atoms with Gasteiger partial charge in [-0.1, -0.05) is 12.2 Å². The molecule has 1 N–H and O–H groups in total. The van der Waals surface area contributed by atoms with E-state index in [9.17, 15) is 9.59 Å². The van der Waals surface area contributed by atoms with E-state index in [1.54, 1.807) is 13.0 Å². The Balaban J connectivity index is 3.01. The SMILES string of the molecule is CCOC(=O)c1[nH]c(C)c(C=CCC=O)c1C. The van der Waals surface area contributed by atoms with Crippen LogP contribution in [-0.2, 0) is 9.53 Å². The molecule has 0 saturated heterocycles. The van der Waals surface area contributed by atoms with Crippen molar-refractivity contribution in [3.05, 3.63) is 28.6 Å². The van der Waals surface area contributed by atoms with E-state index in [1.165, 1.54) is 0 Å². The highest BCUT2D eigenvalue weighted by molar-refractivity contribution is 5.90. The van der Waals surface area contributed by atoms with E-state index in [1.807, 2.05) is 19.9 Å². The summed E-state index contributed by atoms with van der Waals surface area (Å²) in [6, 6.07) is 0. The molecular formula is C13H17NO3. The van der Waals surface area contributed by atoms with Gasteiger partial charge in [-0.05, 0) is 31.9 Å². The normalized spacial score (nSPS) is 10.8. The van der Waals surface area contributed by atoms with Crippen molar-refractivity contribution in [2.24, 2.45) is 0 Å². The number of allylic oxidation sites excluding steroid dienone is 1. The third-order valence-electron chi connectivity index (χ3n) is 2.49. The Morgan fingerprint density at radius 1 is 1.41 bits per heavy atom. The van der Waals surface area contributed by atoms with Gasteiger partial charge in [-0.2, -0.15) is 0 Å². The van der Waals surface area contributed by atoms with Crippen molar-refractivity contribution in [2.45, 2.75) is 27.2 Å². The van der Waals surface area contributed by atoms with Crippen LogP contribution < -0.4 is 0 Å². The number of H-pyrrole nitrogens is 1. The molecule has 0 atom stereocenters. The van der Waals surface area contributed by atoms with Gasteiger partial charge in [-0.15, -0.1) is 0 Å². The second-order valence-corrected chi connectivity index (χ2v) is 3.69. The van der Waals surface area contributed by atoms with Gasteiger partial charge >= 0.3 is 5.97 Å². The first-order valence-corrected chi connectivity index (χ1v) is 5.58. The minimum atomic E-state index is -0.344. The number of aromatic amines is 1. The van der Waals surface area contributed by atoms with Crippen molar-refractivity contribution in [3.8, 4) is 0 Å². The standard InChI is InChI=1S/C13H17NO3/c1-4-17-13(16)12-9(2)11(10(3)14-12)7-5-6-8-15/h5,7-8,14H,4,6H2,1-3H3. The largest absolute Gasteiger partial charge is 0.461 e. The Labute approximate surface area is 101 Å². The van der Waals surface area contributed by atoms with Crippen molar-refractivity contribution in [3.63, 3.8) is 0 Å². The smallest absolute Gasteiger partial charge is 0.355 e. The first-order valence-electron chi connectivity index (χ1n) is 5.58. The van der Waals surface area contributed by atoms with E-state index >= 15 is 0 Å². The lowest BCUT2D eigenvalue weighted by Crippen LogP contribution is -2.06. The lowest BCUT2D eigenvalue weighted by Gasteiger charge is -2.00. The molecule has 0 bridgehead atoms. The number of aryl methyl sites for hydroxylation is 1. The van der Waals surface area contributed by atoms with Crippen molar-refractivity contribution in [2.75, 3.05) is 6.61 Å². The molecule has 0 aromatic carbocycles. The number of ether oxygens (including phenoxy) is 1. The zero-order valence-corrected chi connectivity index (χ0v) is 10.4. The van der Waals surface area contributed by atoms with Crippen LogP contribution in [0, 0.1) is 13.8 Å². The van der Waals surface area contributed by atoms with E-state index in [0.29, 0.717) is 18.7 Å². The third-order valence-corrected chi connectivity index (χ3v) is 2.49. The van der Waals surface area contributed by atoms with Gasteiger partial charge in [0, 0.05) is 12.1 Å². The Morgan fingerprint density at radius 2 is 2.12 bits per heavy atom. The van der Waals surface area contributed by atoms with Crippen LogP contribution in [0.15, 0.2) is 6.08 Å². The van der Waals surface area contributed by atoms with Crippen LogP contribution in [0.2, 0.25) is 0 Å². The molecule has 0 spiro atoms. The number of carbonyl (C=O) groups excluding carboxylic acids is 2. The van der Waals surface area contributed by atoms with E-state index in [0.717, 1.165) is 23.1 Å². The highest BCUT2D eigenvalue weighted by Gasteiger charge is 2.16. The summed E-state index contributed by atoms with van der Waals surface area (Å²) >= 11 is 0. The summed E-state index contributed by atoms with van der Waals surface area (Å²) in [6.45, 7) is 5.87. The summed E-state index contributed by atoms with van der Waals surface area (Å²) < 4.78 is 4.95. The number of aldehydes is 1. The minimum Gasteiger partial charge on any atom is -0.461 e. The predicted molar refractivity (Wildman–Crippen MR) is 65.9 cm³/mol. The number of hydrogen-bond acceptors (Lipinski definition) is 3. The average Bonchev–Trinajstić information content (AvgIpc) is 2.57. The lowest BCUT2D eigenvalue weighted by atomic mass is 10.1. The van der Waals surface area contributed by atoms with Crippen LogP contribution in [0.1, 0.15) is 40.7 Å².